The quantitative estimate of drug-likeness (QED) is 0.768. The number of unbranched alkanes of at least 4 members (excludes halogenated alkanes) is 2. The smallest absolute Gasteiger partial charge is 0.410 e. The van der Waals surface area contributed by atoms with Crippen LogP contribution in [0.4, 0.5) is 10.5 Å². The third-order valence-corrected chi connectivity index (χ3v) is 4.94. The van der Waals surface area contributed by atoms with Crippen LogP contribution in [0.2, 0.25) is 0 Å². The number of anilines is 1. The molecule has 0 spiro atoms. The third kappa shape index (κ3) is 5.83. The predicted octanol–water partition coefficient (Wildman–Crippen LogP) is 3.54. The van der Waals surface area contributed by atoms with E-state index in [9.17, 15) is 9.90 Å². The van der Waals surface area contributed by atoms with Gasteiger partial charge in [0.1, 0.15) is 5.60 Å². The molecule has 0 aromatic carbocycles. The zero-order valence-electron chi connectivity index (χ0n) is 17.5. The van der Waals surface area contributed by atoms with Crippen molar-refractivity contribution >= 4 is 11.8 Å². The molecule has 6 heteroatoms. The number of hydrogen-bond acceptors (Lipinski definition) is 5. The van der Waals surface area contributed by atoms with Gasteiger partial charge in [0, 0.05) is 37.2 Å². The summed E-state index contributed by atoms with van der Waals surface area (Å²) in [5.74, 6) is 0. The molecule has 0 aliphatic carbocycles. The average molecular weight is 378 g/mol. The fraction of sp³-hybridized carbons (Fsp3) is 0.714. The molecule has 0 unspecified atom stereocenters. The first kappa shape index (κ1) is 21.5. The lowest BCUT2D eigenvalue weighted by Crippen LogP contribution is -2.57. The number of amides is 1. The Morgan fingerprint density at radius 1 is 1.33 bits per heavy atom. The van der Waals surface area contributed by atoms with Gasteiger partial charge in [-0.2, -0.15) is 0 Å². The van der Waals surface area contributed by atoms with E-state index in [0.29, 0.717) is 13.1 Å². The van der Waals surface area contributed by atoms with Crippen molar-refractivity contribution in [2.24, 2.45) is 0 Å². The lowest BCUT2D eigenvalue weighted by Gasteiger charge is -2.42. The number of rotatable bonds is 6. The molecule has 6 nitrogen and oxygen atoms in total. The van der Waals surface area contributed by atoms with Crippen LogP contribution in [-0.2, 0) is 11.2 Å². The van der Waals surface area contributed by atoms with Gasteiger partial charge < -0.3 is 14.7 Å². The lowest BCUT2D eigenvalue weighted by atomic mass is 10.0. The molecule has 1 aromatic rings. The molecular weight excluding hydrogens is 342 g/mol. The number of carbonyl (C=O) groups is 1. The molecule has 0 saturated carbocycles. The van der Waals surface area contributed by atoms with E-state index in [2.05, 4.69) is 29.8 Å². The monoisotopic (exact) mass is 377 g/mol. The van der Waals surface area contributed by atoms with Crippen LogP contribution in [0.1, 0.15) is 58.2 Å². The number of aryl methyl sites for hydroxylation is 1. The average Bonchev–Trinajstić information content (AvgIpc) is 2.61. The fourth-order valence-corrected chi connectivity index (χ4v) is 3.53. The van der Waals surface area contributed by atoms with Gasteiger partial charge in [-0.15, -0.1) is 0 Å². The van der Waals surface area contributed by atoms with Crippen LogP contribution in [-0.4, -0.2) is 59.0 Å². The normalized spacial score (nSPS) is 17.9. The van der Waals surface area contributed by atoms with Crippen LogP contribution in [0, 0.1) is 6.92 Å². The van der Waals surface area contributed by atoms with Gasteiger partial charge in [0.15, 0.2) is 0 Å². The molecule has 2 rings (SSSR count). The third-order valence-electron chi connectivity index (χ3n) is 4.94. The van der Waals surface area contributed by atoms with Crippen LogP contribution < -0.4 is 4.90 Å². The molecule has 2 heterocycles. The Morgan fingerprint density at radius 2 is 2.07 bits per heavy atom. The Balaban J connectivity index is 2.14. The molecule has 1 N–H and O–H groups in total. The van der Waals surface area contributed by atoms with Crippen LogP contribution >= 0.6 is 0 Å². The van der Waals surface area contributed by atoms with Gasteiger partial charge in [-0.3, -0.25) is 9.88 Å². The molecule has 1 aromatic heterocycles. The highest BCUT2D eigenvalue weighted by Gasteiger charge is 2.33. The maximum Gasteiger partial charge on any atom is 0.410 e. The molecule has 27 heavy (non-hydrogen) atoms. The van der Waals surface area contributed by atoms with Crippen molar-refractivity contribution in [3.63, 3.8) is 0 Å². The maximum absolute atomic E-state index is 12.5. The van der Waals surface area contributed by atoms with Crippen LogP contribution in [0.5, 0.6) is 0 Å². The molecule has 1 aliphatic heterocycles. The summed E-state index contributed by atoms with van der Waals surface area (Å²) >= 11 is 0. The van der Waals surface area contributed by atoms with Gasteiger partial charge in [0.05, 0.1) is 12.6 Å². The van der Waals surface area contributed by atoms with E-state index in [0.717, 1.165) is 25.1 Å². The number of aromatic nitrogens is 1. The Kier molecular flexibility index (Phi) is 7.48. The van der Waals surface area contributed by atoms with Crippen LogP contribution in [0.15, 0.2) is 12.3 Å². The van der Waals surface area contributed by atoms with Gasteiger partial charge in [-0.25, -0.2) is 4.79 Å². The van der Waals surface area contributed by atoms with Crippen molar-refractivity contribution in [1.29, 1.82) is 0 Å². The molecular formula is C21H35N3O3. The summed E-state index contributed by atoms with van der Waals surface area (Å²) in [5.41, 5.74) is 3.00. The van der Waals surface area contributed by atoms with E-state index in [1.807, 2.05) is 27.0 Å². The van der Waals surface area contributed by atoms with Crippen molar-refractivity contribution < 1.29 is 14.6 Å². The zero-order valence-corrected chi connectivity index (χ0v) is 17.5. The maximum atomic E-state index is 12.5. The molecule has 1 fully saturated rings. The Hall–Kier alpha value is -1.82. The number of pyridine rings is 1. The Labute approximate surface area is 163 Å². The molecule has 1 saturated heterocycles. The number of nitrogens with zero attached hydrogens (tertiary/aromatic N) is 3. The first-order chi connectivity index (χ1) is 12.8. The summed E-state index contributed by atoms with van der Waals surface area (Å²) in [5, 5.41) is 9.88. The fourth-order valence-electron chi connectivity index (χ4n) is 3.53. The number of aliphatic hydroxyl groups is 1. The largest absolute Gasteiger partial charge is 0.444 e. The zero-order chi connectivity index (χ0) is 20.0. The first-order valence-corrected chi connectivity index (χ1v) is 10.1. The summed E-state index contributed by atoms with van der Waals surface area (Å²) in [7, 11) is 0. The van der Waals surface area contributed by atoms with Gasteiger partial charge in [0.25, 0.3) is 0 Å². The van der Waals surface area contributed by atoms with Crippen LogP contribution in [0.25, 0.3) is 0 Å². The number of piperazine rings is 1. The van der Waals surface area contributed by atoms with E-state index >= 15 is 0 Å². The van der Waals surface area contributed by atoms with Crippen molar-refractivity contribution in [1.82, 2.24) is 9.88 Å². The Bertz CT molecular complexity index is 628. The molecule has 1 atom stereocenters. The van der Waals surface area contributed by atoms with Crippen molar-refractivity contribution in [3.05, 3.63) is 23.5 Å². The summed E-state index contributed by atoms with van der Waals surface area (Å²) in [6, 6.07) is 1.79. The molecule has 152 valence electrons. The van der Waals surface area contributed by atoms with Crippen molar-refractivity contribution in [3.8, 4) is 0 Å². The van der Waals surface area contributed by atoms with Crippen LogP contribution in [0.3, 0.4) is 0 Å². The standard InChI is InChI=1S/C21H35N3O3/c1-6-7-8-9-18-16(2)22-11-10-19(18)23-12-13-24(17(14-23)15-25)20(26)27-21(3,4)5/h10-11,17,25H,6-9,12-15H2,1-5H3/t17-/m0/s1. The van der Waals surface area contributed by atoms with E-state index in [1.165, 1.54) is 24.1 Å². The SMILES string of the molecule is CCCCCc1c(N2CCN(C(=O)OC(C)(C)C)[C@H](CO)C2)ccnc1C. The highest BCUT2D eigenvalue weighted by molar-refractivity contribution is 5.69. The number of carbonyl (C=O) groups excluding carboxylic acids is 1. The van der Waals surface area contributed by atoms with Gasteiger partial charge >= 0.3 is 6.09 Å². The minimum absolute atomic E-state index is 0.0784. The predicted molar refractivity (Wildman–Crippen MR) is 108 cm³/mol. The molecule has 0 bridgehead atoms. The summed E-state index contributed by atoms with van der Waals surface area (Å²) in [6.07, 6.45) is 6.06. The molecule has 1 aliphatic rings. The lowest BCUT2D eigenvalue weighted by molar-refractivity contribution is 0.00703. The summed E-state index contributed by atoms with van der Waals surface area (Å²) in [4.78, 5) is 20.9. The van der Waals surface area contributed by atoms with Crippen molar-refractivity contribution in [2.45, 2.75) is 71.9 Å². The second-order valence-electron chi connectivity index (χ2n) is 8.31. The van der Waals surface area contributed by atoms with E-state index in [1.54, 1.807) is 4.90 Å². The van der Waals surface area contributed by atoms with Crippen molar-refractivity contribution in [2.75, 3.05) is 31.1 Å². The number of aliphatic hydroxyl groups excluding tert-OH is 1. The summed E-state index contributed by atoms with van der Waals surface area (Å²) < 4.78 is 5.51. The van der Waals surface area contributed by atoms with E-state index in [-0.39, 0.29) is 18.7 Å². The topological polar surface area (TPSA) is 65.9 Å². The van der Waals surface area contributed by atoms with E-state index in [4.69, 9.17) is 4.74 Å². The highest BCUT2D eigenvalue weighted by atomic mass is 16.6. The second-order valence-corrected chi connectivity index (χ2v) is 8.31. The molecule has 0 radical (unpaired) electrons. The highest BCUT2D eigenvalue weighted by Crippen LogP contribution is 2.27. The van der Waals surface area contributed by atoms with Gasteiger partial charge in [0.2, 0.25) is 0 Å². The second kappa shape index (κ2) is 9.40. The van der Waals surface area contributed by atoms with Gasteiger partial charge in [-0.1, -0.05) is 19.8 Å². The van der Waals surface area contributed by atoms with Gasteiger partial charge in [-0.05, 0) is 52.2 Å². The summed E-state index contributed by atoms with van der Waals surface area (Å²) in [6.45, 7) is 11.6. The molecule has 1 amide bonds. The number of hydrogen-bond donors (Lipinski definition) is 1. The minimum atomic E-state index is -0.539. The first-order valence-electron chi connectivity index (χ1n) is 10.1. The van der Waals surface area contributed by atoms with E-state index < -0.39 is 5.60 Å². The minimum Gasteiger partial charge on any atom is -0.444 e. The Morgan fingerprint density at radius 3 is 2.70 bits per heavy atom. The number of ether oxygens (including phenoxy) is 1.